The number of carbonyl (C=O) groups excluding carboxylic acids is 2. The van der Waals surface area contributed by atoms with Gasteiger partial charge in [-0.1, -0.05) is 12.1 Å². The van der Waals surface area contributed by atoms with Crippen molar-refractivity contribution in [3.63, 3.8) is 0 Å². The van der Waals surface area contributed by atoms with E-state index < -0.39 is 22.0 Å². The van der Waals surface area contributed by atoms with Crippen molar-refractivity contribution in [1.29, 1.82) is 0 Å². The van der Waals surface area contributed by atoms with Crippen molar-refractivity contribution in [3.05, 3.63) is 59.7 Å². The third-order valence-electron chi connectivity index (χ3n) is 3.25. The highest BCUT2D eigenvalue weighted by Crippen LogP contribution is 2.21. The highest BCUT2D eigenvalue weighted by atomic mass is 32.2. The van der Waals surface area contributed by atoms with Gasteiger partial charge >= 0.3 is 11.9 Å². The second kappa shape index (κ2) is 7.80. The molecule has 7 nitrogen and oxygen atoms in total. The van der Waals surface area contributed by atoms with Gasteiger partial charge < -0.3 is 9.47 Å². The molecule has 2 aromatic carbocycles. The van der Waals surface area contributed by atoms with Gasteiger partial charge in [0.2, 0.25) is 0 Å². The maximum absolute atomic E-state index is 12.5. The van der Waals surface area contributed by atoms with Crippen LogP contribution in [0.1, 0.15) is 27.6 Å². The first-order valence-corrected chi connectivity index (χ1v) is 8.84. The molecule has 0 aromatic heterocycles. The molecule has 0 aliphatic rings. The van der Waals surface area contributed by atoms with Gasteiger partial charge in [0.1, 0.15) is 0 Å². The van der Waals surface area contributed by atoms with Crippen molar-refractivity contribution < 1.29 is 27.5 Å². The summed E-state index contributed by atoms with van der Waals surface area (Å²) >= 11 is 0. The lowest BCUT2D eigenvalue weighted by Crippen LogP contribution is -2.16. The Morgan fingerprint density at radius 2 is 1.64 bits per heavy atom. The van der Waals surface area contributed by atoms with Crippen LogP contribution in [0.4, 0.5) is 5.69 Å². The summed E-state index contributed by atoms with van der Waals surface area (Å²) < 4.78 is 36.9. The number of rotatable bonds is 6. The second-order valence-electron chi connectivity index (χ2n) is 4.89. The van der Waals surface area contributed by atoms with Crippen molar-refractivity contribution in [1.82, 2.24) is 0 Å². The Morgan fingerprint density at radius 1 is 1.00 bits per heavy atom. The lowest BCUT2D eigenvalue weighted by molar-refractivity contribution is 0.0526. The second-order valence-corrected chi connectivity index (χ2v) is 6.57. The minimum atomic E-state index is -3.94. The standard InChI is InChI=1S/C17H17NO6S/c1-3-24-17(20)14-6-4-5-7-15(14)18-25(21,22)13-10-8-12(9-11-13)16(19)23-2/h4-11,18H,3H2,1-2H3. The first-order valence-electron chi connectivity index (χ1n) is 7.36. The Kier molecular flexibility index (Phi) is 5.76. The number of hydrogen-bond donors (Lipinski definition) is 1. The highest BCUT2D eigenvalue weighted by molar-refractivity contribution is 7.92. The van der Waals surface area contributed by atoms with Crippen LogP contribution in [0.3, 0.4) is 0 Å². The number of sulfonamides is 1. The first-order chi connectivity index (χ1) is 11.9. The molecular weight excluding hydrogens is 346 g/mol. The number of methoxy groups -OCH3 is 1. The zero-order valence-corrected chi connectivity index (χ0v) is 14.5. The molecule has 0 spiro atoms. The van der Waals surface area contributed by atoms with E-state index in [0.29, 0.717) is 0 Å². The first kappa shape index (κ1) is 18.5. The van der Waals surface area contributed by atoms with Gasteiger partial charge in [-0.3, -0.25) is 4.72 Å². The maximum Gasteiger partial charge on any atom is 0.340 e. The predicted molar refractivity (Wildman–Crippen MR) is 91.0 cm³/mol. The number of benzene rings is 2. The fraction of sp³-hybridized carbons (Fsp3) is 0.176. The van der Waals surface area contributed by atoms with E-state index in [9.17, 15) is 18.0 Å². The molecule has 0 aliphatic carbocycles. The van der Waals surface area contributed by atoms with Crippen molar-refractivity contribution in [2.45, 2.75) is 11.8 Å². The molecule has 8 heteroatoms. The van der Waals surface area contributed by atoms with Crippen LogP contribution in [0.5, 0.6) is 0 Å². The van der Waals surface area contributed by atoms with Crippen molar-refractivity contribution in [2.24, 2.45) is 0 Å². The zero-order valence-electron chi connectivity index (χ0n) is 13.7. The fourth-order valence-corrected chi connectivity index (χ4v) is 3.13. The van der Waals surface area contributed by atoms with Crippen molar-refractivity contribution >= 4 is 27.6 Å². The van der Waals surface area contributed by atoms with Crippen LogP contribution in [0.15, 0.2) is 53.4 Å². The summed E-state index contributed by atoms with van der Waals surface area (Å²) in [6.07, 6.45) is 0. The average Bonchev–Trinajstić information content (AvgIpc) is 2.61. The fourth-order valence-electron chi connectivity index (χ4n) is 2.05. The molecule has 0 unspecified atom stereocenters. The lowest BCUT2D eigenvalue weighted by atomic mass is 10.2. The number of hydrogen-bond acceptors (Lipinski definition) is 6. The molecule has 0 bridgehead atoms. The Balaban J connectivity index is 2.30. The molecular formula is C17H17NO6S. The summed E-state index contributed by atoms with van der Waals surface area (Å²) in [6, 6.07) is 11.4. The van der Waals surface area contributed by atoms with E-state index in [2.05, 4.69) is 9.46 Å². The normalized spacial score (nSPS) is 10.8. The Hall–Kier alpha value is -2.87. The van der Waals surface area contributed by atoms with Gasteiger partial charge in [-0.05, 0) is 43.3 Å². The Morgan fingerprint density at radius 3 is 2.24 bits per heavy atom. The number of anilines is 1. The summed E-state index contributed by atoms with van der Waals surface area (Å²) in [5, 5.41) is 0. The van der Waals surface area contributed by atoms with E-state index in [1.54, 1.807) is 19.1 Å². The highest BCUT2D eigenvalue weighted by Gasteiger charge is 2.19. The minimum Gasteiger partial charge on any atom is -0.465 e. The van der Waals surface area contributed by atoms with Crippen LogP contribution in [0, 0.1) is 0 Å². The van der Waals surface area contributed by atoms with Gasteiger partial charge in [-0.2, -0.15) is 0 Å². The van der Waals surface area contributed by atoms with Gasteiger partial charge in [0.05, 0.1) is 35.4 Å². The van der Waals surface area contributed by atoms with E-state index in [1.165, 1.54) is 43.5 Å². The van der Waals surface area contributed by atoms with Crippen LogP contribution in [-0.2, 0) is 19.5 Å². The van der Waals surface area contributed by atoms with E-state index in [4.69, 9.17) is 4.74 Å². The Bertz CT molecular complexity index is 874. The Labute approximate surface area is 145 Å². The molecule has 0 aliphatic heterocycles. The molecule has 2 aromatic rings. The predicted octanol–water partition coefficient (Wildman–Crippen LogP) is 2.45. The van der Waals surface area contributed by atoms with E-state index in [-0.39, 0.29) is 28.3 Å². The molecule has 0 heterocycles. The van der Waals surface area contributed by atoms with Crippen molar-refractivity contribution in [2.75, 3.05) is 18.4 Å². The molecule has 132 valence electrons. The number of ether oxygens (including phenoxy) is 2. The molecule has 0 fully saturated rings. The molecule has 0 saturated carbocycles. The van der Waals surface area contributed by atoms with E-state index >= 15 is 0 Å². The van der Waals surface area contributed by atoms with Crippen LogP contribution >= 0.6 is 0 Å². The average molecular weight is 363 g/mol. The van der Waals surface area contributed by atoms with Crippen LogP contribution in [0.2, 0.25) is 0 Å². The smallest absolute Gasteiger partial charge is 0.340 e. The molecule has 25 heavy (non-hydrogen) atoms. The van der Waals surface area contributed by atoms with Crippen LogP contribution < -0.4 is 4.72 Å². The largest absolute Gasteiger partial charge is 0.465 e. The molecule has 2 rings (SSSR count). The monoisotopic (exact) mass is 363 g/mol. The van der Waals surface area contributed by atoms with Gasteiger partial charge in [-0.15, -0.1) is 0 Å². The zero-order chi connectivity index (χ0) is 18.4. The molecule has 0 atom stereocenters. The van der Waals surface area contributed by atoms with E-state index in [0.717, 1.165) is 0 Å². The number of esters is 2. The quantitative estimate of drug-likeness (QED) is 0.792. The topological polar surface area (TPSA) is 98.8 Å². The number of carbonyl (C=O) groups is 2. The SMILES string of the molecule is CCOC(=O)c1ccccc1NS(=O)(=O)c1ccc(C(=O)OC)cc1. The maximum atomic E-state index is 12.5. The molecule has 0 amide bonds. The third kappa shape index (κ3) is 4.36. The lowest BCUT2D eigenvalue weighted by Gasteiger charge is -2.12. The van der Waals surface area contributed by atoms with E-state index in [1.807, 2.05) is 0 Å². The molecule has 0 radical (unpaired) electrons. The summed E-state index contributed by atoms with van der Waals surface area (Å²) in [4.78, 5) is 23.3. The van der Waals surface area contributed by atoms with Gasteiger partial charge in [0, 0.05) is 0 Å². The van der Waals surface area contributed by atoms with Crippen molar-refractivity contribution in [3.8, 4) is 0 Å². The van der Waals surface area contributed by atoms with Gasteiger partial charge in [-0.25, -0.2) is 18.0 Å². The van der Waals surface area contributed by atoms with Crippen LogP contribution in [-0.4, -0.2) is 34.1 Å². The summed E-state index contributed by atoms with van der Waals surface area (Å²) in [5.41, 5.74) is 0.450. The molecule has 1 N–H and O–H groups in total. The molecule has 0 saturated heterocycles. The van der Waals surface area contributed by atoms with Crippen LogP contribution in [0.25, 0.3) is 0 Å². The minimum absolute atomic E-state index is 0.0567. The number of para-hydroxylation sites is 1. The van der Waals surface area contributed by atoms with Gasteiger partial charge in [0.25, 0.3) is 10.0 Å². The summed E-state index contributed by atoms with van der Waals surface area (Å²) in [6.45, 7) is 1.84. The number of nitrogens with one attached hydrogen (secondary N) is 1. The summed E-state index contributed by atoms with van der Waals surface area (Å²) in [5.74, 6) is -1.19. The summed E-state index contributed by atoms with van der Waals surface area (Å²) in [7, 11) is -2.71. The third-order valence-corrected chi connectivity index (χ3v) is 4.63. The van der Waals surface area contributed by atoms with Gasteiger partial charge in [0.15, 0.2) is 0 Å².